The van der Waals surface area contributed by atoms with Gasteiger partial charge in [0.1, 0.15) is 6.33 Å². The minimum Gasteiger partial charge on any atom is -0.350 e. The van der Waals surface area contributed by atoms with Crippen LogP contribution >= 0.6 is 11.6 Å². The van der Waals surface area contributed by atoms with Crippen molar-refractivity contribution in [2.45, 2.75) is 18.9 Å². The predicted molar refractivity (Wildman–Crippen MR) is 106 cm³/mol. The zero-order valence-electron chi connectivity index (χ0n) is 15.3. The number of amides is 1. The quantitative estimate of drug-likeness (QED) is 0.693. The summed E-state index contributed by atoms with van der Waals surface area (Å²) in [6.07, 6.45) is 3.82. The fourth-order valence-corrected chi connectivity index (χ4v) is 3.85. The van der Waals surface area contributed by atoms with Crippen LogP contribution in [0.1, 0.15) is 34.8 Å². The van der Waals surface area contributed by atoms with E-state index in [4.69, 9.17) is 11.6 Å². The minimum absolute atomic E-state index is 0.0883. The van der Waals surface area contributed by atoms with E-state index in [0.717, 1.165) is 18.7 Å². The molecule has 1 N–H and O–H groups in total. The lowest BCUT2D eigenvalue weighted by Crippen LogP contribution is -2.37. The Morgan fingerprint density at radius 1 is 1.14 bits per heavy atom. The van der Waals surface area contributed by atoms with Crippen molar-refractivity contribution < 1.29 is 4.79 Å². The van der Waals surface area contributed by atoms with E-state index in [-0.39, 0.29) is 11.9 Å². The van der Waals surface area contributed by atoms with Crippen LogP contribution in [0.4, 0.5) is 0 Å². The van der Waals surface area contributed by atoms with Crippen LogP contribution in [0.5, 0.6) is 0 Å². The number of likely N-dealkylation sites (tertiary alicyclic amines) is 1. The molecule has 1 amide bonds. The molecule has 28 heavy (non-hydrogen) atoms. The summed E-state index contributed by atoms with van der Waals surface area (Å²) in [5, 5.41) is 15.0. The molecule has 0 spiro atoms. The zero-order chi connectivity index (χ0) is 19.3. The minimum atomic E-state index is -0.155. The Hall–Kier alpha value is -2.77. The molecular weight excluding hydrogens is 376 g/mol. The van der Waals surface area contributed by atoms with Crippen LogP contribution in [-0.4, -0.2) is 50.6 Å². The molecule has 4 rings (SSSR count). The molecule has 1 fully saturated rings. The first kappa shape index (κ1) is 18.6. The van der Waals surface area contributed by atoms with E-state index in [9.17, 15) is 4.79 Å². The molecule has 0 radical (unpaired) electrons. The first-order valence-electron chi connectivity index (χ1n) is 9.32. The van der Waals surface area contributed by atoms with E-state index in [1.165, 1.54) is 23.9 Å². The highest BCUT2D eigenvalue weighted by molar-refractivity contribution is 6.30. The number of benzene rings is 2. The third-order valence-electron chi connectivity index (χ3n) is 5.02. The number of hydrogen-bond acceptors (Lipinski definition) is 5. The molecule has 1 saturated heterocycles. The van der Waals surface area contributed by atoms with Gasteiger partial charge < -0.3 is 5.32 Å². The normalized spacial score (nSPS) is 15.5. The van der Waals surface area contributed by atoms with E-state index in [1.807, 2.05) is 36.4 Å². The van der Waals surface area contributed by atoms with Crippen molar-refractivity contribution >= 4 is 17.5 Å². The van der Waals surface area contributed by atoms with Gasteiger partial charge in [0.15, 0.2) is 0 Å². The van der Waals surface area contributed by atoms with Gasteiger partial charge in [-0.1, -0.05) is 35.9 Å². The van der Waals surface area contributed by atoms with Crippen molar-refractivity contribution in [3.63, 3.8) is 0 Å². The Morgan fingerprint density at radius 2 is 1.96 bits per heavy atom. The van der Waals surface area contributed by atoms with Gasteiger partial charge in [0.05, 0.1) is 17.3 Å². The molecule has 2 heterocycles. The van der Waals surface area contributed by atoms with Gasteiger partial charge in [0, 0.05) is 11.6 Å². The van der Waals surface area contributed by atoms with Crippen molar-refractivity contribution in [2.24, 2.45) is 0 Å². The Kier molecular flexibility index (Phi) is 5.64. The van der Waals surface area contributed by atoms with E-state index >= 15 is 0 Å². The number of halogens is 1. The van der Waals surface area contributed by atoms with Gasteiger partial charge in [0.2, 0.25) is 0 Å². The van der Waals surface area contributed by atoms with Crippen molar-refractivity contribution in [1.82, 2.24) is 30.4 Å². The van der Waals surface area contributed by atoms with E-state index in [0.29, 0.717) is 22.8 Å². The number of carbonyl (C=O) groups is 1. The number of carbonyl (C=O) groups excluding carboxylic acids is 1. The summed E-state index contributed by atoms with van der Waals surface area (Å²) in [6.45, 7) is 2.55. The maximum Gasteiger partial charge on any atom is 0.253 e. The highest BCUT2D eigenvalue weighted by Crippen LogP contribution is 2.26. The average molecular weight is 397 g/mol. The lowest BCUT2D eigenvalue weighted by atomic mass is 10.0. The van der Waals surface area contributed by atoms with Crippen LogP contribution in [-0.2, 0) is 0 Å². The molecule has 8 heteroatoms. The van der Waals surface area contributed by atoms with E-state index < -0.39 is 0 Å². The van der Waals surface area contributed by atoms with Gasteiger partial charge in [-0.05, 0) is 66.2 Å². The number of rotatable bonds is 6. The van der Waals surface area contributed by atoms with Gasteiger partial charge in [-0.3, -0.25) is 9.69 Å². The lowest BCUT2D eigenvalue weighted by Gasteiger charge is -2.28. The van der Waals surface area contributed by atoms with E-state index in [1.54, 1.807) is 6.07 Å². The molecule has 7 nitrogen and oxygen atoms in total. The summed E-state index contributed by atoms with van der Waals surface area (Å²) in [5.41, 5.74) is 2.29. The maximum absolute atomic E-state index is 12.9. The first-order chi connectivity index (χ1) is 13.7. The summed E-state index contributed by atoms with van der Waals surface area (Å²) < 4.78 is 1.49. The maximum atomic E-state index is 12.9. The smallest absolute Gasteiger partial charge is 0.253 e. The summed E-state index contributed by atoms with van der Waals surface area (Å²) in [5.74, 6) is -0.155. The largest absolute Gasteiger partial charge is 0.350 e. The second kappa shape index (κ2) is 8.50. The number of nitrogens with zero attached hydrogens (tertiary/aromatic N) is 5. The van der Waals surface area contributed by atoms with Crippen molar-refractivity contribution in [3.8, 4) is 5.69 Å². The molecule has 1 aliphatic heterocycles. The SMILES string of the molecule is O=C(NCC(c1cccc(Cl)c1)N1CCCC1)c1ccccc1-n1cnnn1. The lowest BCUT2D eigenvalue weighted by molar-refractivity contribution is 0.0937. The van der Waals surface area contributed by atoms with Gasteiger partial charge in [-0.2, -0.15) is 4.68 Å². The Labute approximate surface area is 168 Å². The predicted octanol–water partition coefficient (Wildman–Crippen LogP) is 2.88. The number of tetrazole rings is 1. The molecule has 1 atom stereocenters. The van der Waals surface area contributed by atoms with Crippen molar-refractivity contribution in [1.29, 1.82) is 0 Å². The number of aromatic nitrogens is 4. The fourth-order valence-electron chi connectivity index (χ4n) is 3.65. The fraction of sp³-hybridized carbons (Fsp3) is 0.300. The number of hydrogen-bond donors (Lipinski definition) is 1. The topological polar surface area (TPSA) is 75.9 Å². The standard InChI is InChI=1S/C20H21ClN6O/c21-16-7-5-6-15(12-16)19(26-10-3-4-11-26)13-22-20(28)17-8-1-2-9-18(17)27-14-23-24-25-27/h1-2,5-9,12,14,19H,3-4,10-11,13H2,(H,22,28). The zero-order valence-corrected chi connectivity index (χ0v) is 16.1. The third-order valence-corrected chi connectivity index (χ3v) is 5.25. The van der Waals surface area contributed by atoms with Crippen LogP contribution in [0.2, 0.25) is 5.02 Å². The van der Waals surface area contributed by atoms with Crippen LogP contribution in [0, 0.1) is 0 Å². The van der Waals surface area contributed by atoms with Gasteiger partial charge >= 0.3 is 0 Å². The molecule has 0 saturated carbocycles. The summed E-state index contributed by atoms with van der Waals surface area (Å²) >= 11 is 6.20. The molecule has 2 aromatic carbocycles. The second-order valence-electron chi connectivity index (χ2n) is 6.80. The summed E-state index contributed by atoms with van der Waals surface area (Å²) in [6, 6.07) is 15.2. The van der Waals surface area contributed by atoms with Crippen molar-refractivity contribution in [3.05, 3.63) is 71.0 Å². The van der Waals surface area contributed by atoms with Crippen LogP contribution in [0.15, 0.2) is 54.9 Å². The Morgan fingerprint density at radius 3 is 2.71 bits per heavy atom. The summed E-state index contributed by atoms with van der Waals surface area (Å²) in [4.78, 5) is 15.3. The second-order valence-corrected chi connectivity index (χ2v) is 7.23. The van der Waals surface area contributed by atoms with Gasteiger partial charge in [0.25, 0.3) is 5.91 Å². The average Bonchev–Trinajstić information content (AvgIpc) is 3.42. The highest BCUT2D eigenvalue weighted by Gasteiger charge is 2.25. The first-order valence-corrected chi connectivity index (χ1v) is 9.70. The molecule has 144 valence electrons. The highest BCUT2D eigenvalue weighted by atomic mass is 35.5. The molecule has 3 aromatic rings. The molecule has 1 aromatic heterocycles. The monoisotopic (exact) mass is 396 g/mol. The molecule has 1 unspecified atom stereocenters. The van der Waals surface area contributed by atoms with E-state index in [2.05, 4.69) is 31.8 Å². The van der Waals surface area contributed by atoms with Gasteiger partial charge in [-0.25, -0.2) is 0 Å². The molecule has 1 aliphatic rings. The van der Waals surface area contributed by atoms with Crippen LogP contribution < -0.4 is 5.32 Å². The van der Waals surface area contributed by atoms with Crippen LogP contribution in [0.25, 0.3) is 5.69 Å². The molecule has 0 aliphatic carbocycles. The number of para-hydroxylation sites is 1. The Balaban J connectivity index is 1.54. The number of nitrogens with one attached hydrogen (secondary N) is 1. The summed E-state index contributed by atoms with van der Waals surface area (Å²) in [7, 11) is 0. The van der Waals surface area contributed by atoms with Crippen LogP contribution in [0.3, 0.4) is 0 Å². The van der Waals surface area contributed by atoms with Crippen molar-refractivity contribution in [2.75, 3.05) is 19.6 Å². The molecule has 0 bridgehead atoms. The Bertz CT molecular complexity index is 939. The third kappa shape index (κ3) is 4.05. The van der Waals surface area contributed by atoms with Gasteiger partial charge in [-0.15, -0.1) is 5.10 Å². The molecular formula is C20H21ClN6O.